The number of carbonyl (C=O) groups is 2. The number of hydrogen-bond acceptors (Lipinski definition) is 9. The second-order valence-electron chi connectivity index (χ2n) is 11.9. The Morgan fingerprint density at radius 2 is 1.10 bits per heavy atom. The number of ether oxygens (including phenoxy) is 2. The van der Waals surface area contributed by atoms with E-state index < -0.39 is 51.8 Å². The van der Waals surface area contributed by atoms with E-state index in [1.807, 2.05) is 6.08 Å². The smallest absolute Gasteiger partial charge is 0.462 e. The van der Waals surface area contributed by atoms with Crippen LogP contribution in [0.4, 0.5) is 0 Å². The highest BCUT2D eigenvalue weighted by atomic mass is 31.2. The summed E-state index contributed by atoms with van der Waals surface area (Å²) in [6.07, 6.45) is 32.5. The van der Waals surface area contributed by atoms with Gasteiger partial charge >= 0.3 is 19.8 Å². The van der Waals surface area contributed by atoms with Crippen LogP contribution in [-0.2, 0) is 32.7 Å². The van der Waals surface area contributed by atoms with Crippen molar-refractivity contribution < 1.29 is 47.8 Å². The van der Waals surface area contributed by atoms with Crippen molar-refractivity contribution in [3.63, 3.8) is 0 Å². The number of aliphatic hydroxyl groups is 2. The fourth-order valence-corrected chi connectivity index (χ4v) is 5.18. The number of aliphatic hydroxyl groups excluding tert-OH is 2. The molecule has 0 fully saturated rings. The highest BCUT2D eigenvalue weighted by Crippen LogP contribution is 2.43. The van der Waals surface area contributed by atoms with Crippen molar-refractivity contribution in [3.8, 4) is 0 Å². The Bertz CT molecular complexity index is 946. The third-order valence-corrected chi connectivity index (χ3v) is 8.19. The molecule has 0 saturated heterocycles. The first-order chi connectivity index (χ1) is 23.2. The van der Waals surface area contributed by atoms with Gasteiger partial charge in [0.1, 0.15) is 12.7 Å². The number of phosphoric ester groups is 1. The number of carbonyl (C=O) groups excluding carboxylic acids is 2. The van der Waals surface area contributed by atoms with Crippen molar-refractivity contribution in [1.29, 1.82) is 0 Å². The van der Waals surface area contributed by atoms with Gasteiger partial charge in [-0.25, -0.2) is 4.57 Å². The molecule has 0 aromatic rings. The Morgan fingerprint density at radius 1 is 0.625 bits per heavy atom. The Labute approximate surface area is 290 Å². The van der Waals surface area contributed by atoms with Gasteiger partial charge in [0.15, 0.2) is 6.10 Å². The second-order valence-corrected chi connectivity index (χ2v) is 13.4. The molecule has 0 aromatic carbocycles. The SMILES string of the molecule is CCCCC/C=C/C/C=C/C/C=C/C/C=C/CCCC(=O)OC[C@@H](COP(=O)(O)OC[C@H](O)CO)OC(=O)CCCCCCCCCC. The molecule has 10 nitrogen and oxygen atoms in total. The van der Waals surface area contributed by atoms with E-state index >= 15 is 0 Å². The lowest BCUT2D eigenvalue weighted by Gasteiger charge is -2.20. The van der Waals surface area contributed by atoms with Gasteiger partial charge in [-0.2, -0.15) is 0 Å². The van der Waals surface area contributed by atoms with Gasteiger partial charge in [-0.15, -0.1) is 0 Å². The largest absolute Gasteiger partial charge is 0.472 e. The summed E-state index contributed by atoms with van der Waals surface area (Å²) in [6.45, 7) is 2.21. The van der Waals surface area contributed by atoms with Crippen molar-refractivity contribution in [1.82, 2.24) is 0 Å². The Hall–Kier alpha value is -2.07. The van der Waals surface area contributed by atoms with E-state index in [2.05, 4.69) is 60.9 Å². The van der Waals surface area contributed by atoms with Crippen LogP contribution < -0.4 is 0 Å². The third kappa shape index (κ3) is 32.5. The predicted molar refractivity (Wildman–Crippen MR) is 191 cm³/mol. The quantitative estimate of drug-likeness (QED) is 0.0263. The van der Waals surface area contributed by atoms with Crippen LogP contribution in [0.25, 0.3) is 0 Å². The molecule has 0 bridgehead atoms. The fraction of sp³-hybridized carbons (Fsp3) is 0.730. The van der Waals surface area contributed by atoms with E-state index in [1.54, 1.807) is 0 Å². The molecule has 278 valence electrons. The van der Waals surface area contributed by atoms with Gasteiger partial charge in [-0.3, -0.25) is 18.6 Å². The minimum Gasteiger partial charge on any atom is -0.462 e. The molecule has 0 amide bonds. The van der Waals surface area contributed by atoms with Crippen molar-refractivity contribution in [2.75, 3.05) is 26.4 Å². The lowest BCUT2D eigenvalue weighted by molar-refractivity contribution is -0.161. The van der Waals surface area contributed by atoms with Crippen molar-refractivity contribution in [2.45, 2.75) is 148 Å². The van der Waals surface area contributed by atoms with Crippen LogP contribution in [0.1, 0.15) is 136 Å². The predicted octanol–water partition coefficient (Wildman–Crippen LogP) is 8.60. The molecule has 0 rings (SSSR count). The summed E-state index contributed by atoms with van der Waals surface area (Å²) in [6, 6.07) is 0. The highest BCUT2D eigenvalue weighted by Gasteiger charge is 2.27. The zero-order chi connectivity index (χ0) is 35.6. The average molecular weight is 701 g/mol. The molecule has 11 heteroatoms. The molecule has 0 aliphatic heterocycles. The van der Waals surface area contributed by atoms with Crippen LogP contribution in [0.2, 0.25) is 0 Å². The van der Waals surface area contributed by atoms with Gasteiger partial charge in [0.25, 0.3) is 0 Å². The summed E-state index contributed by atoms with van der Waals surface area (Å²) in [7, 11) is -4.62. The molecule has 0 radical (unpaired) electrons. The molecule has 0 aromatic heterocycles. The van der Waals surface area contributed by atoms with Crippen LogP contribution in [0.15, 0.2) is 48.6 Å². The summed E-state index contributed by atoms with van der Waals surface area (Å²) < 4.78 is 32.4. The highest BCUT2D eigenvalue weighted by molar-refractivity contribution is 7.47. The first-order valence-corrected chi connectivity index (χ1v) is 19.6. The topological polar surface area (TPSA) is 149 Å². The Morgan fingerprint density at radius 3 is 1.69 bits per heavy atom. The summed E-state index contributed by atoms with van der Waals surface area (Å²) in [5, 5.41) is 18.2. The zero-order valence-electron chi connectivity index (χ0n) is 29.7. The van der Waals surface area contributed by atoms with E-state index in [0.29, 0.717) is 19.3 Å². The van der Waals surface area contributed by atoms with Crippen molar-refractivity contribution in [3.05, 3.63) is 48.6 Å². The summed E-state index contributed by atoms with van der Waals surface area (Å²) in [4.78, 5) is 34.6. The van der Waals surface area contributed by atoms with Gasteiger partial charge in [0, 0.05) is 12.8 Å². The average Bonchev–Trinajstić information content (AvgIpc) is 3.07. The Kier molecular flexibility index (Phi) is 32.0. The molecule has 0 aliphatic rings. The first kappa shape index (κ1) is 45.9. The molecule has 48 heavy (non-hydrogen) atoms. The summed E-state index contributed by atoms with van der Waals surface area (Å²) in [5.74, 6) is -1.000. The van der Waals surface area contributed by atoms with E-state index in [1.165, 1.54) is 44.9 Å². The molecule has 3 N–H and O–H groups in total. The Balaban J connectivity index is 4.45. The second kappa shape index (κ2) is 33.4. The van der Waals surface area contributed by atoms with Gasteiger partial charge in [0.2, 0.25) is 0 Å². The standard InChI is InChI=1S/C37H65O10P/c1-3-5-7-9-11-13-14-15-16-17-18-19-20-21-23-24-26-28-36(40)44-32-35(33-46-48(42,43)45-31-34(39)30-38)47-37(41)29-27-25-22-12-10-8-6-4-2/h11,13,15-16,18-19,21,23,34-35,38-39H,3-10,12,14,17,20,22,24-33H2,1-2H3,(H,42,43)/b13-11+,16-15+,19-18+,23-21+/t34-,35+/m1/s1. The number of phosphoric acid groups is 1. The molecule has 0 saturated carbocycles. The maximum Gasteiger partial charge on any atom is 0.472 e. The van der Waals surface area contributed by atoms with Gasteiger partial charge in [0.05, 0.1) is 19.8 Å². The number of unbranched alkanes of at least 4 members (excludes halogenated alkanes) is 11. The molecule has 0 spiro atoms. The van der Waals surface area contributed by atoms with Crippen LogP contribution in [0.3, 0.4) is 0 Å². The maximum absolute atomic E-state index is 12.4. The normalized spacial score (nSPS) is 14.7. The van der Waals surface area contributed by atoms with Gasteiger partial charge < -0.3 is 24.6 Å². The number of rotatable bonds is 33. The minimum atomic E-state index is -4.62. The van der Waals surface area contributed by atoms with Crippen LogP contribution in [0.5, 0.6) is 0 Å². The number of hydrogen-bond donors (Lipinski definition) is 3. The third-order valence-electron chi connectivity index (χ3n) is 7.24. The molecule has 0 heterocycles. The molecular weight excluding hydrogens is 635 g/mol. The molecular formula is C37H65O10P. The lowest BCUT2D eigenvalue weighted by Crippen LogP contribution is -2.29. The summed E-state index contributed by atoms with van der Waals surface area (Å²) in [5.41, 5.74) is 0. The maximum atomic E-state index is 12.4. The van der Waals surface area contributed by atoms with E-state index in [-0.39, 0.29) is 19.4 Å². The lowest BCUT2D eigenvalue weighted by atomic mass is 10.1. The van der Waals surface area contributed by atoms with E-state index in [9.17, 15) is 24.2 Å². The fourth-order valence-electron chi connectivity index (χ4n) is 4.39. The monoisotopic (exact) mass is 700 g/mol. The van der Waals surface area contributed by atoms with Gasteiger partial charge in [-0.05, 0) is 51.4 Å². The molecule has 3 atom stereocenters. The molecule has 0 aliphatic carbocycles. The minimum absolute atomic E-state index is 0.165. The van der Waals surface area contributed by atoms with Crippen molar-refractivity contribution in [2.24, 2.45) is 0 Å². The van der Waals surface area contributed by atoms with Crippen molar-refractivity contribution >= 4 is 19.8 Å². The summed E-state index contributed by atoms with van der Waals surface area (Å²) >= 11 is 0. The van der Waals surface area contributed by atoms with Crippen LogP contribution in [0, 0.1) is 0 Å². The first-order valence-electron chi connectivity index (χ1n) is 18.1. The molecule has 1 unspecified atom stereocenters. The van der Waals surface area contributed by atoms with Gasteiger partial charge in [-0.1, -0.05) is 120 Å². The zero-order valence-corrected chi connectivity index (χ0v) is 30.6. The van der Waals surface area contributed by atoms with Crippen LogP contribution >= 0.6 is 7.82 Å². The number of allylic oxidation sites excluding steroid dienone is 8. The van der Waals surface area contributed by atoms with E-state index in [0.717, 1.165) is 44.9 Å². The van der Waals surface area contributed by atoms with Crippen LogP contribution in [-0.4, -0.2) is 65.7 Å². The van der Waals surface area contributed by atoms with E-state index in [4.69, 9.17) is 19.1 Å². The number of esters is 2.